The number of rotatable bonds is 4. The summed E-state index contributed by atoms with van der Waals surface area (Å²) in [7, 11) is 0. The zero-order valence-electron chi connectivity index (χ0n) is 14.6. The summed E-state index contributed by atoms with van der Waals surface area (Å²) in [5.41, 5.74) is 2.41. The second-order valence-electron chi connectivity index (χ2n) is 4.86. The van der Waals surface area contributed by atoms with Gasteiger partial charge in [-0.2, -0.15) is 0 Å². The number of nitrogens with one attached hydrogen (secondary N) is 1. The lowest BCUT2D eigenvalue weighted by Crippen LogP contribution is -2.04. The van der Waals surface area contributed by atoms with E-state index in [1.807, 2.05) is 11.8 Å². The summed E-state index contributed by atoms with van der Waals surface area (Å²) in [5, 5.41) is 19.1. The van der Waals surface area contributed by atoms with Gasteiger partial charge in [-0.15, -0.1) is 0 Å². The second-order valence-corrected chi connectivity index (χ2v) is 5.94. The highest BCUT2D eigenvalue weighted by Crippen LogP contribution is 2.43. The summed E-state index contributed by atoms with van der Waals surface area (Å²) >= 11 is 1.82. The van der Waals surface area contributed by atoms with Crippen LogP contribution in [0.25, 0.3) is 0 Å². The van der Waals surface area contributed by atoms with Crippen LogP contribution < -0.4 is 5.32 Å². The molecule has 7 heteroatoms. The standard InChI is InChI=1S/C12H9NS.C5H8O3.C3H4O2/c1-3-7-11-9(5-1)13-10-6-2-4-8-12(10)14-11;1-2-5(7)8-4-3-6;1-2-3(4)5/h1-8,13H;2,6H,1,3-4H2;2H,1H2,(H,4,5). The molecule has 1 aliphatic heterocycles. The molecule has 6 nitrogen and oxygen atoms in total. The lowest BCUT2D eigenvalue weighted by atomic mass is 10.2. The van der Waals surface area contributed by atoms with Crippen LogP contribution in [0.4, 0.5) is 11.4 Å². The number of aliphatic hydroxyl groups is 1. The molecule has 0 bridgehead atoms. The maximum absolute atomic E-state index is 10.1. The van der Waals surface area contributed by atoms with Gasteiger partial charge in [0.05, 0.1) is 18.0 Å². The van der Waals surface area contributed by atoms with Crippen LogP contribution in [-0.2, 0) is 14.3 Å². The number of carbonyl (C=O) groups is 2. The molecule has 0 amide bonds. The summed E-state index contributed by atoms with van der Waals surface area (Å²) in [4.78, 5) is 22.0. The van der Waals surface area contributed by atoms with Gasteiger partial charge >= 0.3 is 11.9 Å². The van der Waals surface area contributed by atoms with E-state index < -0.39 is 11.9 Å². The predicted octanol–water partition coefficient (Wildman–Crippen LogP) is 3.86. The molecule has 0 atom stereocenters. The maximum Gasteiger partial charge on any atom is 0.330 e. The highest BCUT2D eigenvalue weighted by molar-refractivity contribution is 7.99. The van der Waals surface area contributed by atoms with Crippen LogP contribution in [0.5, 0.6) is 0 Å². The Kier molecular flexibility index (Phi) is 10.1. The van der Waals surface area contributed by atoms with Gasteiger partial charge in [-0.25, -0.2) is 9.59 Å². The Balaban J connectivity index is 0.000000240. The largest absolute Gasteiger partial charge is 0.478 e. The van der Waals surface area contributed by atoms with Crippen molar-refractivity contribution in [2.45, 2.75) is 9.79 Å². The first-order valence-corrected chi connectivity index (χ1v) is 8.71. The molecule has 0 saturated heterocycles. The van der Waals surface area contributed by atoms with E-state index in [0.717, 1.165) is 12.2 Å². The third-order valence-electron chi connectivity index (χ3n) is 2.94. The average Bonchev–Trinajstić information content (AvgIpc) is 2.71. The fourth-order valence-electron chi connectivity index (χ4n) is 1.79. The Hall–Kier alpha value is -3.03. The first-order valence-electron chi connectivity index (χ1n) is 7.90. The zero-order chi connectivity index (χ0) is 20.1. The quantitative estimate of drug-likeness (QED) is 0.462. The van der Waals surface area contributed by atoms with Crippen molar-refractivity contribution in [2.75, 3.05) is 18.5 Å². The van der Waals surface area contributed by atoms with Gasteiger partial charge in [0.25, 0.3) is 0 Å². The Labute approximate surface area is 162 Å². The van der Waals surface area contributed by atoms with Crippen molar-refractivity contribution in [3.63, 3.8) is 0 Å². The molecule has 3 N–H and O–H groups in total. The minimum atomic E-state index is -0.981. The maximum atomic E-state index is 10.1. The second kappa shape index (κ2) is 12.3. The Morgan fingerprint density at radius 3 is 1.89 bits per heavy atom. The average molecular weight is 387 g/mol. The molecule has 27 heavy (non-hydrogen) atoms. The van der Waals surface area contributed by atoms with Crippen molar-refractivity contribution in [3.05, 3.63) is 73.8 Å². The summed E-state index contributed by atoms with van der Waals surface area (Å²) in [6.07, 6.45) is 1.88. The predicted molar refractivity (Wildman–Crippen MR) is 106 cm³/mol. The van der Waals surface area contributed by atoms with Crippen molar-refractivity contribution in [3.8, 4) is 0 Å². The molecule has 0 spiro atoms. The molecule has 2 aromatic rings. The van der Waals surface area contributed by atoms with Crippen molar-refractivity contribution in [1.82, 2.24) is 0 Å². The number of carbonyl (C=O) groups excluding carboxylic acids is 1. The van der Waals surface area contributed by atoms with Crippen LogP contribution in [-0.4, -0.2) is 35.4 Å². The van der Waals surface area contributed by atoms with E-state index in [1.165, 1.54) is 21.2 Å². The van der Waals surface area contributed by atoms with Gasteiger partial charge in [0, 0.05) is 21.9 Å². The molecular formula is C20H21NO5S. The van der Waals surface area contributed by atoms with Crippen LogP contribution in [0.1, 0.15) is 0 Å². The summed E-state index contributed by atoms with van der Waals surface area (Å²) < 4.78 is 4.33. The van der Waals surface area contributed by atoms with Crippen LogP contribution in [0, 0.1) is 0 Å². The molecule has 0 saturated carbocycles. The number of para-hydroxylation sites is 2. The minimum Gasteiger partial charge on any atom is -0.478 e. The van der Waals surface area contributed by atoms with E-state index in [4.69, 9.17) is 10.2 Å². The molecule has 1 heterocycles. The van der Waals surface area contributed by atoms with Gasteiger partial charge in [-0.1, -0.05) is 49.2 Å². The number of benzene rings is 2. The highest BCUT2D eigenvalue weighted by atomic mass is 32.2. The molecule has 1 aliphatic rings. The summed E-state index contributed by atoms with van der Waals surface area (Å²) in [5.74, 6) is -1.48. The molecule has 0 unspecified atom stereocenters. The van der Waals surface area contributed by atoms with Gasteiger partial charge in [0.1, 0.15) is 6.61 Å². The molecule has 3 rings (SSSR count). The Bertz CT molecular complexity index is 704. The van der Waals surface area contributed by atoms with Gasteiger partial charge in [0.2, 0.25) is 0 Å². The van der Waals surface area contributed by atoms with E-state index >= 15 is 0 Å². The lowest BCUT2D eigenvalue weighted by Gasteiger charge is -2.19. The molecule has 0 aromatic heterocycles. The van der Waals surface area contributed by atoms with Gasteiger partial charge in [-0.3, -0.25) is 0 Å². The fourth-order valence-corrected chi connectivity index (χ4v) is 2.77. The molecule has 0 aliphatic carbocycles. The first kappa shape index (κ1) is 22.0. The topological polar surface area (TPSA) is 95.9 Å². The normalized spacial score (nSPS) is 10.1. The van der Waals surface area contributed by atoms with Crippen LogP contribution in [0.2, 0.25) is 0 Å². The number of ether oxygens (including phenoxy) is 1. The number of hydrogen-bond acceptors (Lipinski definition) is 6. The van der Waals surface area contributed by atoms with E-state index in [0.29, 0.717) is 0 Å². The number of aliphatic hydroxyl groups excluding tert-OH is 1. The van der Waals surface area contributed by atoms with E-state index in [1.54, 1.807) is 0 Å². The van der Waals surface area contributed by atoms with E-state index in [2.05, 4.69) is 71.7 Å². The number of anilines is 2. The van der Waals surface area contributed by atoms with E-state index in [-0.39, 0.29) is 13.2 Å². The highest BCUT2D eigenvalue weighted by Gasteiger charge is 2.13. The number of carboxylic acids is 1. The van der Waals surface area contributed by atoms with Gasteiger partial charge < -0.3 is 20.3 Å². The molecule has 0 radical (unpaired) electrons. The van der Waals surface area contributed by atoms with Gasteiger partial charge in [-0.05, 0) is 24.3 Å². The fraction of sp³-hybridized carbons (Fsp3) is 0.100. The number of carboxylic acid groups (broad SMARTS) is 1. The third kappa shape index (κ3) is 8.26. The molecule has 142 valence electrons. The molecule has 2 aromatic carbocycles. The van der Waals surface area contributed by atoms with E-state index in [9.17, 15) is 9.59 Å². The number of aliphatic carboxylic acids is 1. The van der Waals surface area contributed by atoms with Crippen molar-refractivity contribution < 1.29 is 24.5 Å². The SMILES string of the molecule is C=CC(=O)O.C=CC(=O)OCCO.c1ccc2c(c1)Nc1ccccc1S2. The molecular weight excluding hydrogens is 366 g/mol. The minimum absolute atomic E-state index is 0.0465. The smallest absolute Gasteiger partial charge is 0.330 e. The van der Waals surface area contributed by atoms with Crippen molar-refractivity contribution in [2.24, 2.45) is 0 Å². The Morgan fingerprint density at radius 1 is 1.00 bits per heavy atom. The van der Waals surface area contributed by atoms with Crippen LogP contribution in [0.15, 0.2) is 83.6 Å². The van der Waals surface area contributed by atoms with Crippen molar-refractivity contribution >= 4 is 35.1 Å². The summed E-state index contributed by atoms with van der Waals surface area (Å²) in [6, 6.07) is 16.8. The van der Waals surface area contributed by atoms with Crippen LogP contribution >= 0.6 is 11.8 Å². The monoisotopic (exact) mass is 387 g/mol. The number of fused-ring (bicyclic) bond motifs is 2. The first-order chi connectivity index (χ1) is 13.0. The van der Waals surface area contributed by atoms with Crippen molar-refractivity contribution in [1.29, 1.82) is 0 Å². The zero-order valence-corrected chi connectivity index (χ0v) is 15.4. The Morgan fingerprint density at radius 2 is 1.48 bits per heavy atom. The number of hydrogen-bond donors (Lipinski definition) is 3. The van der Waals surface area contributed by atoms with Gasteiger partial charge in [0.15, 0.2) is 0 Å². The number of esters is 1. The third-order valence-corrected chi connectivity index (χ3v) is 4.09. The summed E-state index contributed by atoms with van der Waals surface area (Å²) in [6.45, 7) is 6.03. The van der Waals surface area contributed by atoms with Crippen LogP contribution in [0.3, 0.4) is 0 Å². The lowest BCUT2D eigenvalue weighted by molar-refractivity contribution is -0.138. The molecule has 0 fully saturated rings.